The van der Waals surface area contributed by atoms with Crippen molar-refractivity contribution in [2.45, 2.75) is 19.4 Å². The average molecular weight is 251 g/mol. The fourth-order valence-corrected chi connectivity index (χ4v) is 2.24. The Balaban J connectivity index is 1.87. The van der Waals surface area contributed by atoms with Crippen LogP contribution in [0.3, 0.4) is 0 Å². The maximum atomic E-state index is 9.30. The second-order valence-electron chi connectivity index (χ2n) is 4.53. The maximum absolute atomic E-state index is 9.30. The summed E-state index contributed by atoms with van der Waals surface area (Å²) in [7, 11) is 1.62. The van der Waals surface area contributed by atoms with E-state index in [1.54, 1.807) is 7.11 Å². The molecule has 4 heteroatoms. The van der Waals surface area contributed by atoms with Crippen LogP contribution in [0.1, 0.15) is 18.4 Å². The van der Waals surface area contributed by atoms with Crippen LogP contribution in [0.25, 0.3) is 0 Å². The summed E-state index contributed by atoms with van der Waals surface area (Å²) in [5, 5.41) is 9.30. The predicted molar refractivity (Wildman–Crippen MR) is 70.1 cm³/mol. The molecule has 0 radical (unpaired) electrons. The van der Waals surface area contributed by atoms with Crippen LogP contribution in [0.2, 0.25) is 0 Å². The van der Waals surface area contributed by atoms with Gasteiger partial charge in [-0.05, 0) is 44.1 Å². The third-order valence-electron chi connectivity index (χ3n) is 3.30. The third kappa shape index (κ3) is 3.37. The highest BCUT2D eigenvalue weighted by atomic mass is 16.5. The van der Waals surface area contributed by atoms with Gasteiger partial charge in [0.25, 0.3) is 0 Å². The average Bonchev–Trinajstić information content (AvgIpc) is 2.92. The highest BCUT2D eigenvalue weighted by molar-refractivity contribution is 5.39. The summed E-state index contributed by atoms with van der Waals surface area (Å²) in [6.07, 6.45) is 2.59. The first kappa shape index (κ1) is 13.2. The highest BCUT2D eigenvalue weighted by Crippen LogP contribution is 2.24. The van der Waals surface area contributed by atoms with Crippen molar-refractivity contribution >= 4 is 0 Å². The van der Waals surface area contributed by atoms with Gasteiger partial charge < -0.3 is 14.6 Å². The molecule has 0 bridgehead atoms. The maximum Gasteiger partial charge on any atom is 0.125 e. The van der Waals surface area contributed by atoms with E-state index >= 15 is 0 Å². The van der Waals surface area contributed by atoms with Crippen LogP contribution >= 0.6 is 0 Å². The summed E-state index contributed by atoms with van der Waals surface area (Å²) in [6.45, 7) is 3.95. The van der Waals surface area contributed by atoms with E-state index in [-0.39, 0.29) is 6.61 Å². The van der Waals surface area contributed by atoms with Crippen molar-refractivity contribution in [2.75, 3.05) is 33.4 Å². The van der Waals surface area contributed by atoms with Crippen LogP contribution < -0.4 is 9.47 Å². The topological polar surface area (TPSA) is 41.9 Å². The Morgan fingerprint density at radius 2 is 2.06 bits per heavy atom. The van der Waals surface area contributed by atoms with Gasteiger partial charge in [0.15, 0.2) is 0 Å². The van der Waals surface area contributed by atoms with Gasteiger partial charge in [-0.25, -0.2) is 0 Å². The number of hydrogen-bond donors (Lipinski definition) is 1. The number of methoxy groups -OCH3 is 1. The molecule has 100 valence electrons. The summed E-state index contributed by atoms with van der Waals surface area (Å²) >= 11 is 0. The molecule has 4 nitrogen and oxygen atoms in total. The van der Waals surface area contributed by atoms with E-state index < -0.39 is 0 Å². The molecular weight excluding hydrogens is 230 g/mol. The van der Waals surface area contributed by atoms with Crippen molar-refractivity contribution in [3.63, 3.8) is 0 Å². The van der Waals surface area contributed by atoms with E-state index in [0.29, 0.717) is 6.61 Å². The molecule has 0 saturated carbocycles. The summed E-state index contributed by atoms with van der Waals surface area (Å²) < 4.78 is 10.9. The molecule has 1 heterocycles. The minimum atomic E-state index is -0.0315. The van der Waals surface area contributed by atoms with Gasteiger partial charge in [-0.2, -0.15) is 0 Å². The van der Waals surface area contributed by atoms with E-state index in [2.05, 4.69) is 4.90 Å². The monoisotopic (exact) mass is 251 g/mol. The van der Waals surface area contributed by atoms with Gasteiger partial charge in [-0.1, -0.05) is 0 Å². The standard InChI is InChI=1S/C14H21NO3/c1-17-13-4-5-14(12(10-13)11-16)18-9-8-15-6-2-3-7-15/h4-5,10,16H,2-3,6-9,11H2,1H3. The zero-order valence-corrected chi connectivity index (χ0v) is 10.9. The Morgan fingerprint density at radius 1 is 1.28 bits per heavy atom. The molecule has 2 rings (SSSR count). The van der Waals surface area contributed by atoms with E-state index in [0.717, 1.165) is 23.6 Å². The van der Waals surface area contributed by atoms with Crippen molar-refractivity contribution in [1.82, 2.24) is 4.90 Å². The van der Waals surface area contributed by atoms with Gasteiger partial charge in [-0.15, -0.1) is 0 Å². The lowest BCUT2D eigenvalue weighted by atomic mass is 10.2. The molecule has 0 aliphatic carbocycles. The number of likely N-dealkylation sites (tertiary alicyclic amines) is 1. The zero-order valence-electron chi connectivity index (χ0n) is 10.9. The van der Waals surface area contributed by atoms with Crippen LogP contribution in [-0.4, -0.2) is 43.4 Å². The molecule has 0 aromatic heterocycles. The molecule has 1 aromatic carbocycles. The van der Waals surface area contributed by atoms with E-state index in [4.69, 9.17) is 9.47 Å². The number of ether oxygens (including phenoxy) is 2. The molecule has 0 atom stereocenters. The minimum Gasteiger partial charge on any atom is -0.497 e. The highest BCUT2D eigenvalue weighted by Gasteiger charge is 2.11. The van der Waals surface area contributed by atoms with Crippen LogP contribution in [-0.2, 0) is 6.61 Å². The van der Waals surface area contributed by atoms with Gasteiger partial charge >= 0.3 is 0 Å². The number of aliphatic hydroxyl groups is 1. The third-order valence-corrected chi connectivity index (χ3v) is 3.30. The lowest BCUT2D eigenvalue weighted by Gasteiger charge is -2.16. The molecule has 1 fully saturated rings. The van der Waals surface area contributed by atoms with Crippen LogP contribution in [0.5, 0.6) is 11.5 Å². The Hall–Kier alpha value is -1.26. The Morgan fingerprint density at radius 3 is 2.72 bits per heavy atom. The van der Waals surface area contributed by atoms with Crippen molar-refractivity contribution < 1.29 is 14.6 Å². The largest absolute Gasteiger partial charge is 0.497 e. The molecule has 1 aromatic rings. The first-order valence-electron chi connectivity index (χ1n) is 6.46. The van der Waals surface area contributed by atoms with E-state index in [1.807, 2.05) is 18.2 Å². The molecular formula is C14H21NO3. The second-order valence-corrected chi connectivity index (χ2v) is 4.53. The number of nitrogens with zero attached hydrogens (tertiary/aromatic N) is 1. The molecule has 1 saturated heterocycles. The van der Waals surface area contributed by atoms with Crippen LogP contribution in [0.4, 0.5) is 0 Å². The number of hydrogen-bond acceptors (Lipinski definition) is 4. The molecule has 1 N–H and O–H groups in total. The van der Waals surface area contributed by atoms with Crippen molar-refractivity contribution in [3.05, 3.63) is 23.8 Å². The zero-order chi connectivity index (χ0) is 12.8. The quantitative estimate of drug-likeness (QED) is 0.835. The number of rotatable bonds is 6. The Bertz CT molecular complexity index is 375. The molecule has 18 heavy (non-hydrogen) atoms. The number of benzene rings is 1. The first-order chi connectivity index (χ1) is 8.83. The van der Waals surface area contributed by atoms with E-state index in [9.17, 15) is 5.11 Å². The SMILES string of the molecule is COc1ccc(OCCN2CCCC2)c(CO)c1. The Labute approximate surface area is 108 Å². The van der Waals surface area contributed by atoms with Crippen molar-refractivity contribution in [3.8, 4) is 11.5 Å². The lowest BCUT2D eigenvalue weighted by molar-refractivity contribution is 0.227. The van der Waals surface area contributed by atoms with Gasteiger partial charge in [0.05, 0.1) is 13.7 Å². The fourth-order valence-electron chi connectivity index (χ4n) is 2.24. The van der Waals surface area contributed by atoms with Gasteiger partial charge in [-0.3, -0.25) is 4.90 Å². The molecule has 1 aliphatic rings. The van der Waals surface area contributed by atoms with Crippen LogP contribution in [0, 0.1) is 0 Å². The van der Waals surface area contributed by atoms with E-state index in [1.165, 1.54) is 25.9 Å². The predicted octanol–water partition coefficient (Wildman–Crippen LogP) is 1.66. The van der Waals surface area contributed by atoms with Gasteiger partial charge in [0, 0.05) is 12.1 Å². The normalized spacial score (nSPS) is 15.9. The van der Waals surface area contributed by atoms with Crippen molar-refractivity contribution in [1.29, 1.82) is 0 Å². The first-order valence-corrected chi connectivity index (χ1v) is 6.46. The Kier molecular flexibility index (Phi) is 4.84. The molecule has 1 aliphatic heterocycles. The second kappa shape index (κ2) is 6.61. The molecule has 0 amide bonds. The molecule has 0 unspecified atom stereocenters. The summed E-state index contributed by atoms with van der Waals surface area (Å²) in [5.41, 5.74) is 0.774. The minimum absolute atomic E-state index is 0.0315. The smallest absolute Gasteiger partial charge is 0.125 e. The van der Waals surface area contributed by atoms with Crippen LogP contribution in [0.15, 0.2) is 18.2 Å². The summed E-state index contributed by atoms with van der Waals surface area (Å²) in [4.78, 5) is 2.40. The summed E-state index contributed by atoms with van der Waals surface area (Å²) in [5.74, 6) is 1.49. The fraction of sp³-hybridized carbons (Fsp3) is 0.571. The van der Waals surface area contributed by atoms with Crippen molar-refractivity contribution in [2.24, 2.45) is 0 Å². The lowest BCUT2D eigenvalue weighted by Crippen LogP contribution is -2.25. The van der Waals surface area contributed by atoms with Gasteiger partial charge in [0.2, 0.25) is 0 Å². The van der Waals surface area contributed by atoms with Gasteiger partial charge in [0.1, 0.15) is 18.1 Å². The number of aliphatic hydroxyl groups excluding tert-OH is 1. The molecule has 0 spiro atoms. The summed E-state index contributed by atoms with van der Waals surface area (Å²) in [6, 6.07) is 5.52.